The molecule has 14 heavy (non-hydrogen) atoms. The molecule has 0 aliphatic carbocycles. The van der Waals surface area contributed by atoms with E-state index in [1.165, 1.54) is 12.8 Å². The summed E-state index contributed by atoms with van der Waals surface area (Å²) >= 11 is 0. The Morgan fingerprint density at radius 3 is 3.14 bits per heavy atom. The highest BCUT2D eigenvalue weighted by Gasteiger charge is 2.14. The molecule has 1 aliphatic heterocycles. The highest BCUT2D eigenvalue weighted by Crippen LogP contribution is 2.13. The lowest BCUT2D eigenvalue weighted by Crippen LogP contribution is -2.24. The van der Waals surface area contributed by atoms with E-state index in [0.29, 0.717) is 6.10 Å². The molecule has 0 saturated carbocycles. The van der Waals surface area contributed by atoms with Crippen molar-refractivity contribution in [1.29, 1.82) is 0 Å². The quantitative estimate of drug-likeness (QED) is 0.732. The summed E-state index contributed by atoms with van der Waals surface area (Å²) in [6.07, 6.45) is 6.94. The fourth-order valence-electron chi connectivity index (χ4n) is 1.75. The van der Waals surface area contributed by atoms with E-state index in [4.69, 9.17) is 4.74 Å². The van der Waals surface area contributed by atoms with E-state index in [-0.39, 0.29) is 0 Å². The third-order valence-corrected chi connectivity index (χ3v) is 2.61. The summed E-state index contributed by atoms with van der Waals surface area (Å²) < 4.78 is 7.53. The second-order valence-electron chi connectivity index (χ2n) is 3.77. The number of aromatic nitrogens is 3. The monoisotopic (exact) mass is 195 g/mol. The lowest BCUT2D eigenvalue weighted by Gasteiger charge is -2.21. The fourth-order valence-corrected chi connectivity index (χ4v) is 1.75. The van der Waals surface area contributed by atoms with E-state index >= 15 is 0 Å². The second kappa shape index (κ2) is 4.55. The molecular formula is C10H17N3O. The molecule has 0 spiro atoms. The molecule has 4 heteroatoms. The number of hydrogen-bond donors (Lipinski definition) is 0. The Labute approximate surface area is 84.3 Å². The molecular weight excluding hydrogens is 178 g/mol. The van der Waals surface area contributed by atoms with Crippen molar-refractivity contribution in [1.82, 2.24) is 15.0 Å². The number of ether oxygens (including phenoxy) is 1. The molecule has 0 amide bonds. The van der Waals surface area contributed by atoms with Crippen LogP contribution >= 0.6 is 0 Å². The van der Waals surface area contributed by atoms with Gasteiger partial charge in [0.25, 0.3) is 0 Å². The Kier molecular flexibility index (Phi) is 3.14. The molecule has 0 bridgehead atoms. The van der Waals surface area contributed by atoms with Gasteiger partial charge >= 0.3 is 0 Å². The first-order valence-electron chi connectivity index (χ1n) is 5.39. The normalized spacial score (nSPS) is 22.5. The standard InChI is InChI=1S/C10H17N3O/c1-2-9-7-13(12-11-9)8-10-5-3-4-6-14-10/h7,10H,2-6,8H2,1H3. The van der Waals surface area contributed by atoms with Gasteiger partial charge in [-0.25, -0.2) is 4.68 Å². The van der Waals surface area contributed by atoms with Crippen LogP contribution in [-0.2, 0) is 17.7 Å². The molecule has 4 nitrogen and oxygen atoms in total. The molecule has 0 N–H and O–H groups in total. The molecule has 2 heterocycles. The molecule has 1 aromatic heterocycles. The first-order valence-corrected chi connectivity index (χ1v) is 5.39. The van der Waals surface area contributed by atoms with Crippen molar-refractivity contribution in [2.75, 3.05) is 6.61 Å². The smallest absolute Gasteiger partial charge is 0.0824 e. The third-order valence-electron chi connectivity index (χ3n) is 2.61. The lowest BCUT2D eigenvalue weighted by atomic mass is 10.1. The van der Waals surface area contributed by atoms with Crippen LogP contribution in [0.5, 0.6) is 0 Å². The van der Waals surface area contributed by atoms with E-state index in [0.717, 1.165) is 31.7 Å². The summed E-state index contributed by atoms with van der Waals surface area (Å²) in [5, 5.41) is 8.13. The molecule has 0 aromatic carbocycles. The predicted molar refractivity (Wildman–Crippen MR) is 53.0 cm³/mol. The molecule has 1 unspecified atom stereocenters. The van der Waals surface area contributed by atoms with Crippen molar-refractivity contribution in [3.63, 3.8) is 0 Å². The van der Waals surface area contributed by atoms with Gasteiger partial charge in [-0.3, -0.25) is 0 Å². The molecule has 1 fully saturated rings. The van der Waals surface area contributed by atoms with Crippen LogP contribution in [0.15, 0.2) is 6.20 Å². The van der Waals surface area contributed by atoms with Crippen molar-refractivity contribution >= 4 is 0 Å². The molecule has 1 aliphatic rings. The first kappa shape index (κ1) is 9.65. The van der Waals surface area contributed by atoms with Crippen molar-refractivity contribution in [3.8, 4) is 0 Å². The van der Waals surface area contributed by atoms with Gasteiger partial charge in [0.2, 0.25) is 0 Å². The Balaban J connectivity index is 1.89. The van der Waals surface area contributed by atoms with Crippen molar-refractivity contribution in [3.05, 3.63) is 11.9 Å². The van der Waals surface area contributed by atoms with E-state index in [2.05, 4.69) is 17.2 Å². The van der Waals surface area contributed by atoms with Crippen LogP contribution in [0, 0.1) is 0 Å². The van der Waals surface area contributed by atoms with Gasteiger partial charge in [0, 0.05) is 12.8 Å². The summed E-state index contributed by atoms with van der Waals surface area (Å²) in [5.74, 6) is 0. The van der Waals surface area contributed by atoms with Gasteiger partial charge in [-0.2, -0.15) is 0 Å². The first-order chi connectivity index (χ1) is 6.88. The maximum Gasteiger partial charge on any atom is 0.0824 e. The average Bonchev–Trinajstić information content (AvgIpc) is 2.67. The van der Waals surface area contributed by atoms with Gasteiger partial charge in [0.1, 0.15) is 0 Å². The number of nitrogens with zero attached hydrogens (tertiary/aromatic N) is 3. The molecule has 1 atom stereocenters. The third kappa shape index (κ3) is 2.32. The van der Waals surface area contributed by atoms with Crippen molar-refractivity contribution < 1.29 is 4.74 Å². The van der Waals surface area contributed by atoms with Gasteiger partial charge in [-0.05, 0) is 25.7 Å². The van der Waals surface area contributed by atoms with Crippen LogP contribution in [0.1, 0.15) is 31.9 Å². The second-order valence-corrected chi connectivity index (χ2v) is 3.77. The van der Waals surface area contributed by atoms with Gasteiger partial charge < -0.3 is 4.74 Å². The Morgan fingerprint density at radius 2 is 2.50 bits per heavy atom. The molecule has 78 valence electrons. The Morgan fingerprint density at radius 1 is 1.57 bits per heavy atom. The van der Waals surface area contributed by atoms with Crippen LogP contribution in [0.4, 0.5) is 0 Å². The van der Waals surface area contributed by atoms with E-state index in [1.807, 2.05) is 10.9 Å². The van der Waals surface area contributed by atoms with E-state index in [1.54, 1.807) is 0 Å². The maximum atomic E-state index is 5.64. The minimum absolute atomic E-state index is 0.343. The van der Waals surface area contributed by atoms with Gasteiger partial charge in [-0.1, -0.05) is 12.1 Å². The Hall–Kier alpha value is -0.900. The van der Waals surface area contributed by atoms with Crippen LogP contribution in [0.25, 0.3) is 0 Å². The minimum Gasteiger partial charge on any atom is -0.376 e. The number of aryl methyl sites for hydroxylation is 1. The zero-order chi connectivity index (χ0) is 9.80. The lowest BCUT2D eigenvalue weighted by molar-refractivity contribution is 0.00370. The summed E-state index contributed by atoms with van der Waals surface area (Å²) in [5.41, 5.74) is 1.06. The topological polar surface area (TPSA) is 39.9 Å². The largest absolute Gasteiger partial charge is 0.376 e. The summed E-state index contributed by atoms with van der Waals surface area (Å²) in [4.78, 5) is 0. The van der Waals surface area contributed by atoms with Crippen molar-refractivity contribution in [2.24, 2.45) is 0 Å². The molecule has 2 rings (SSSR count). The SMILES string of the molecule is CCc1cn(CC2CCCCO2)nn1. The highest BCUT2D eigenvalue weighted by molar-refractivity contribution is 4.91. The number of hydrogen-bond acceptors (Lipinski definition) is 3. The van der Waals surface area contributed by atoms with E-state index < -0.39 is 0 Å². The highest BCUT2D eigenvalue weighted by atomic mass is 16.5. The molecule has 1 aromatic rings. The van der Waals surface area contributed by atoms with Gasteiger partial charge in [0.15, 0.2) is 0 Å². The molecule has 1 saturated heterocycles. The molecule has 0 radical (unpaired) electrons. The summed E-state index contributed by atoms with van der Waals surface area (Å²) in [6, 6.07) is 0. The summed E-state index contributed by atoms with van der Waals surface area (Å²) in [7, 11) is 0. The number of rotatable bonds is 3. The zero-order valence-electron chi connectivity index (χ0n) is 8.65. The predicted octanol–water partition coefficient (Wildman–Crippen LogP) is 1.41. The fraction of sp³-hybridized carbons (Fsp3) is 0.800. The zero-order valence-corrected chi connectivity index (χ0v) is 8.65. The van der Waals surface area contributed by atoms with Crippen LogP contribution in [0.2, 0.25) is 0 Å². The van der Waals surface area contributed by atoms with Gasteiger partial charge in [0.05, 0.1) is 18.3 Å². The van der Waals surface area contributed by atoms with Crippen molar-refractivity contribution in [2.45, 2.75) is 45.3 Å². The van der Waals surface area contributed by atoms with Crippen LogP contribution in [-0.4, -0.2) is 27.7 Å². The Bertz CT molecular complexity index is 279. The van der Waals surface area contributed by atoms with Crippen LogP contribution in [0.3, 0.4) is 0 Å². The van der Waals surface area contributed by atoms with Crippen LogP contribution < -0.4 is 0 Å². The summed E-state index contributed by atoms with van der Waals surface area (Å²) in [6.45, 7) is 3.85. The average molecular weight is 195 g/mol. The van der Waals surface area contributed by atoms with E-state index in [9.17, 15) is 0 Å². The van der Waals surface area contributed by atoms with Gasteiger partial charge in [-0.15, -0.1) is 5.10 Å². The minimum atomic E-state index is 0.343. The maximum absolute atomic E-state index is 5.64.